The average molecular weight is 317 g/mol. The van der Waals surface area contributed by atoms with Crippen LogP contribution in [0.15, 0.2) is 18.2 Å². The van der Waals surface area contributed by atoms with Gasteiger partial charge in [-0.3, -0.25) is 4.79 Å². The second kappa shape index (κ2) is 8.50. The van der Waals surface area contributed by atoms with Crippen molar-refractivity contribution in [2.45, 2.75) is 33.2 Å². The van der Waals surface area contributed by atoms with Gasteiger partial charge in [0.25, 0.3) is 0 Å². The summed E-state index contributed by atoms with van der Waals surface area (Å²) in [7, 11) is 0. The third-order valence-corrected chi connectivity index (χ3v) is 3.90. The highest BCUT2D eigenvalue weighted by Gasteiger charge is 2.12. The number of amides is 1. The minimum Gasteiger partial charge on any atom is -0.343 e. The van der Waals surface area contributed by atoms with Gasteiger partial charge in [0.1, 0.15) is 0 Å². The molecule has 0 spiro atoms. The third-order valence-electron chi connectivity index (χ3n) is 3.33. The van der Waals surface area contributed by atoms with Crippen LogP contribution < -0.4 is 5.32 Å². The molecule has 112 valence electrons. The number of benzene rings is 1. The number of nitrogens with zero attached hydrogens (tertiary/aromatic N) is 1. The van der Waals surface area contributed by atoms with Crippen molar-refractivity contribution in [1.82, 2.24) is 10.2 Å². The Morgan fingerprint density at radius 3 is 2.50 bits per heavy atom. The molecular formula is C15H22Cl2N2O. The highest BCUT2D eigenvalue weighted by molar-refractivity contribution is 6.35. The number of hydrogen-bond donors (Lipinski definition) is 1. The summed E-state index contributed by atoms with van der Waals surface area (Å²) in [6.07, 6.45) is 0.497. The Morgan fingerprint density at radius 1 is 1.30 bits per heavy atom. The van der Waals surface area contributed by atoms with Crippen LogP contribution in [0.5, 0.6) is 0 Å². The molecule has 0 radical (unpaired) electrons. The van der Waals surface area contributed by atoms with Crippen molar-refractivity contribution < 1.29 is 4.79 Å². The van der Waals surface area contributed by atoms with E-state index in [1.807, 2.05) is 37.8 Å². The first kappa shape index (κ1) is 17.3. The molecule has 0 aliphatic heterocycles. The minimum atomic E-state index is 0.0873. The van der Waals surface area contributed by atoms with Crippen molar-refractivity contribution in [3.63, 3.8) is 0 Å². The number of carbonyl (C=O) groups is 1. The topological polar surface area (TPSA) is 32.3 Å². The Labute approximate surface area is 131 Å². The monoisotopic (exact) mass is 316 g/mol. The number of carbonyl (C=O) groups excluding carboxylic acids is 1. The number of nitrogens with one attached hydrogen (secondary N) is 1. The lowest BCUT2D eigenvalue weighted by Crippen LogP contribution is -2.33. The summed E-state index contributed by atoms with van der Waals surface area (Å²) in [5.41, 5.74) is 0.992. The van der Waals surface area contributed by atoms with E-state index in [2.05, 4.69) is 5.32 Å². The van der Waals surface area contributed by atoms with Crippen molar-refractivity contribution in [3.8, 4) is 0 Å². The maximum atomic E-state index is 11.9. The molecule has 3 nitrogen and oxygen atoms in total. The summed E-state index contributed by atoms with van der Waals surface area (Å²) in [4.78, 5) is 13.7. The first-order chi connectivity index (χ1) is 9.49. The van der Waals surface area contributed by atoms with Crippen LogP contribution in [-0.4, -0.2) is 30.4 Å². The molecule has 0 heterocycles. The molecule has 1 atom stereocenters. The quantitative estimate of drug-likeness (QED) is 0.827. The third kappa shape index (κ3) is 4.97. The summed E-state index contributed by atoms with van der Waals surface area (Å²) < 4.78 is 0. The SMILES string of the molecule is CCN(CC)C(=O)CCNC(C)c1ccc(Cl)cc1Cl. The molecule has 1 aromatic carbocycles. The predicted molar refractivity (Wildman–Crippen MR) is 85.4 cm³/mol. The first-order valence-electron chi connectivity index (χ1n) is 6.95. The van der Waals surface area contributed by atoms with E-state index in [4.69, 9.17) is 23.2 Å². The second-order valence-corrected chi connectivity index (χ2v) is 5.50. The van der Waals surface area contributed by atoms with E-state index < -0.39 is 0 Å². The van der Waals surface area contributed by atoms with E-state index >= 15 is 0 Å². The Balaban J connectivity index is 2.47. The van der Waals surface area contributed by atoms with Crippen LogP contribution in [0.2, 0.25) is 10.0 Å². The Kier molecular flexibility index (Phi) is 7.35. The Hall–Kier alpha value is -0.770. The largest absolute Gasteiger partial charge is 0.343 e. The normalized spacial score (nSPS) is 12.2. The molecule has 0 aromatic heterocycles. The van der Waals surface area contributed by atoms with Crippen molar-refractivity contribution in [2.24, 2.45) is 0 Å². The van der Waals surface area contributed by atoms with Gasteiger partial charge in [0.2, 0.25) is 5.91 Å². The van der Waals surface area contributed by atoms with Gasteiger partial charge in [-0.05, 0) is 38.5 Å². The molecule has 1 N–H and O–H groups in total. The minimum absolute atomic E-state index is 0.0873. The Bertz CT molecular complexity index is 447. The zero-order chi connectivity index (χ0) is 15.1. The summed E-state index contributed by atoms with van der Waals surface area (Å²) in [6, 6.07) is 5.55. The smallest absolute Gasteiger partial charge is 0.223 e. The summed E-state index contributed by atoms with van der Waals surface area (Å²) in [6.45, 7) is 8.16. The lowest BCUT2D eigenvalue weighted by atomic mass is 10.1. The van der Waals surface area contributed by atoms with Gasteiger partial charge in [-0.1, -0.05) is 29.3 Å². The summed E-state index contributed by atoms with van der Waals surface area (Å²) in [5, 5.41) is 4.59. The van der Waals surface area contributed by atoms with Crippen molar-refractivity contribution in [3.05, 3.63) is 33.8 Å². The number of rotatable bonds is 7. The first-order valence-corrected chi connectivity index (χ1v) is 7.71. The van der Waals surface area contributed by atoms with Crippen molar-refractivity contribution in [2.75, 3.05) is 19.6 Å². The molecule has 1 unspecified atom stereocenters. The van der Waals surface area contributed by atoms with Gasteiger partial charge in [0, 0.05) is 42.1 Å². The van der Waals surface area contributed by atoms with Gasteiger partial charge in [-0.15, -0.1) is 0 Å². The van der Waals surface area contributed by atoms with E-state index in [1.165, 1.54) is 0 Å². The van der Waals surface area contributed by atoms with Crippen LogP contribution in [0.3, 0.4) is 0 Å². The molecule has 0 fully saturated rings. The van der Waals surface area contributed by atoms with Gasteiger partial charge >= 0.3 is 0 Å². The second-order valence-electron chi connectivity index (χ2n) is 4.66. The molecule has 0 bridgehead atoms. The van der Waals surface area contributed by atoms with E-state index in [0.717, 1.165) is 18.7 Å². The zero-order valence-electron chi connectivity index (χ0n) is 12.2. The standard InChI is InChI=1S/C15H22Cl2N2O/c1-4-19(5-2)15(20)8-9-18-11(3)13-7-6-12(16)10-14(13)17/h6-7,10-11,18H,4-5,8-9H2,1-3H3. The molecule has 1 rings (SSSR count). The zero-order valence-corrected chi connectivity index (χ0v) is 13.8. The molecule has 0 saturated heterocycles. The van der Waals surface area contributed by atoms with Crippen LogP contribution >= 0.6 is 23.2 Å². The fraction of sp³-hybridized carbons (Fsp3) is 0.533. The van der Waals surface area contributed by atoms with Gasteiger partial charge in [0.15, 0.2) is 0 Å². The van der Waals surface area contributed by atoms with Crippen LogP contribution in [0.1, 0.15) is 38.8 Å². The molecule has 0 saturated carbocycles. The van der Waals surface area contributed by atoms with E-state index in [1.54, 1.807) is 6.07 Å². The van der Waals surface area contributed by atoms with Crippen LogP contribution in [0, 0.1) is 0 Å². The molecule has 1 amide bonds. The predicted octanol–water partition coefficient (Wildman–Crippen LogP) is 3.90. The van der Waals surface area contributed by atoms with Crippen molar-refractivity contribution in [1.29, 1.82) is 0 Å². The lowest BCUT2D eigenvalue weighted by molar-refractivity contribution is -0.130. The highest BCUT2D eigenvalue weighted by Crippen LogP contribution is 2.25. The highest BCUT2D eigenvalue weighted by atomic mass is 35.5. The van der Waals surface area contributed by atoms with E-state index in [-0.39, 0.29) is 11.9 Å². The van der Waals surface area contributed by atoms with Gasteiger partial charge in [-0.2, -0.15) is 0 Å². The molecule has 0 aliphatic rings. The summed E-state index contributed by atoms with van der Waals surface area (Å²) >= 11 is 12.0. The van der Waals surface area contributed by atoms with Gasteiger partial charge < -0.3 is 10.2 Å². The Morgan fingerprint density at radius 2 is 1.95 bits per heavy atom. The van der Waals surface area contributed by atoms with E-state index in [9.17, 15) is 4.79 Å². The maximum Gasteiger partial charge on any atom is 0.223 e. The molecule has 5 heteroatoms. The number of halogens is 2. The van der Waals surface area contributed by atoms with Gasteiger partial charge in [0.05, 0.1) is 0 Å². The molecule has 20 heavy (non-hydrogen) atoms. The van der Waals surface area contributed by atoms with E-state index in [0.29, 0.717) is 23.0 Å². The van der Waals surface area contributed by atoms with Crippen molar-refractivity contribution >= 4 is 29.1 Å². The van der Waals surface area contributed by atoms with Crippen LogP contribution in [-0.2, 0) is 4.79 Å². The lowest BCUT2D eigenvalue weighted by Gasteiger charge is -2.20. The average Bonchev–Trinajstić information content (AvgIpc) is 2.39. The van der Waals surface area contributed by atoms with Crippen LogP contribution in [0.4, 0.5) is 0 Å². The molecule has 0 aliphatic carbocycles. The summed E-state index contributed by atoms with van der Waals surface area (Å²) in [5.74, 6) is 0.178. The van der Waals surface area contributed by atoms with Crippen LogP contribution in [0.25, 0.3) is 0 Å². The van der Waals surface area contributed by atoms with Gasteiger partial charge in [-0.25, -0.2) is 0 Å². The fourth-order valence-corrected chi connectivity index (χ4v) is 2.66. The molecular weight excluding hydrogens is 295 g/mol. The fourth-order valence-electron chi connectivity index (χ4n) is 2.09. The molecule has 1 aromatic rings. The maximum absolute atomic E-state index is 11.9. The number of hydrogen-bond acceptors (Lipinski definition) is 2.